The Balaban J connectivity index is 0.954. The van der Waals surface area contributed by atoms with E-state index < -0.39 is 0 Å². The van der Waals surface area contributed by atoms with Gasteiger partial charge in [-0.2, -0.15) is 0 Å². The summed E-state index contributed by atoms with van der Waals surface area (Å²) in [6, 6.07) is 13.3. The van der Waals surface area contributed by atoms with E-state index in [1.807, 2.05) is 24.3 Å². The summed E-state index contributed by atoms with van der Waals surface area (Å²) in [7, 11) is 0. The fourth-order valence-corrected chi connectivity index (χ4v) is 7.39. The van der Waals surface area contributed by atoms with Crippen LogP contribution in [0.1, 0.15) is 61.0 Å². The number of nitrogens with zero attached hydrogens (tertiary/aromatic N) is 2. The fourth-order valence-electron chi connectivity index (χ4n) is 7.39. The van der Waals surface area contributed by atoms with Gasteiger partial charge in [-0.05, 0) is 87.9 Å². The van der Waals surface area contributed by atoms with Gasteiger partial charge in [0.1, 0.15) is 29.5 Å². The highest BCUT2D eigenvalue weighted by atomic mass is 19.1. The van der Waals surface area contributed by atoms with Crippen LogP contribution in [0.4, 0.5) is 4.39 Å². The number of halogens is 1. The molecule has 2 aromatic carbocycles. The minimum absolute atomic E-state index is 0.0846. The van der Waals surface area contributed by atoms with Crippen LogP contribution in [0, 0.1) is 11.7 Å². The minimum atomic E-state index is -0.329. The average Bonchev–Trinajstić information content (AvgIpc) is 3.63. The van der Waals surface area contributed by atoms with E-state index in [-0.39, 0.29) is 24.4 Å². The van der Waals surface area contributed by atoms with Crippen LogP contribution in [0.15, 0.2) is 53.1 Å². The fraction of sp³-hybridized carbons (Fsp3) is 0.485. The van der Waals surface area contributed by atoms with Crippen molar-refractivity contribution in [1.29, 1.82) is 0 Å². The number of aromatic amines is 1. The average molecular weight is 559 g/mol. The van der Waals surface area contributed by atoms with Gasteiger partial charge < -0.3 is 29.3 Å². The number of likely N-dealkylation sites (tertiary alicyclic amines) is 1. The lowest BCUT2D eigenvalue weighted by atomic mass is 9.83. The minimum Gasteiger partial charge on any atom is -0.488 e. The number of hydrogen-bond acceptors (Lipinski definition) is 5. The number of furan rings is 1. The Morgan fingerprint density at radius 3 is 2.78 bits per heavy atom. The first-order valence-corrected chi connectivity index (χ1v) is 15.3. The molecule has 1 unspecified atom stereocenters. The summed E-state index contributed by atoms with van der Waals surface area (Å²) >= 11 is 0. The topological polar surface area (TPSA) is 73.7 Å². The Kier molecular flexibility index (Phi) is 7.44. The highest BCUT2D eigenvalue weighted by Gasteiger charge is 2.34. The van der Waals surface area contributed by atoms with E-state index in [4.69, 9.17) is 9.15 Å². The van der Waals surface area contributed by atoms with Crippen molar-refractivity contribution in [2.75, 3.05) is 32.7 Å². The smallest absolute Gasteiger partial charge is 0.267 e. The number of benzene rings is 2. The number of aromatic nitrogens is 1. The number of carbonyl (C=O) groups is 1. The number of carbonyl (C=O) groups excluding carboxylic acids is 1. The molecule has 41 heavy (non-hydrogen) atoms. The van der Waals surface area contributed by atoms with E-state index in [0.717, 1.165) is 48.8 Å². The molecule has 8 heteroatoms. The van der Waals surface area contributed by atoms with Gasteiger partial charge in [0.15, 0.2) is 0 Å². The van der Waals surface area contributed by atoms with Crippen molar-refractivity contribution in [2.24, 2.45) is 5.92 Å². The zero-order chi connectivity index (χ0) is 27.8. The summed E-state index contributed by atoms with van der Waals surface area (Å²) < 4.78 is 25.9. The van der Waals surface area contributed by atoms with Crippen LogP contribution in [0.3, 0.4) is 0 Å². The Hall–Kier alpha value is -3.36. The molecule has 216 valence electrons. The zero-order valence-electron chi connectivity index (χ0n) is 23.5. The van der Waals surface area contributed by atoms with E-state index in [2.05, 4.69) is 20.1 Å². The van der Waals surface area contributed by atoms with E-state index in [1.54, 1.807) is 12.1 Å². The SMILES string of the molecule is O=C(NC1CCN(C[C@@H]2CCCN3CCCCC23)CC1)c1cc2c(OCc3coc4cccc(F)c34)cccc2[nH]1. The molecular weight excluding hydrogens is 519 g/mol. The molecule has 0 aliphatic carbocycles. The van der Waals surface area contributed by atoms with Gasteiger partial charge in [-0.15, -0.1) is 0 Å². The maximum atomic E-state index is 14.4. The normalized spacial score (nSPS) is 22.7. The first-order chi connectivity index (χ1) is 20.1. The second-order valence-corrected chi connectivity index (χ2v) is 12.1. The summed E-state index contributed by atoms with van der Waals surface area (Å²) in [4.78, 5) is 21.9. The molecule has 3 saturated heterocycles. The molecule has 0 spiro atoms. The van der Waals surface area contributed by atoms with Gasteiger partial charge in [-0.1, -0.05) is 18.6 Å². The van der Waals surface area contributed by atoms with Gasteiger partial charge in [-0.25, -0.2) is 4.39 Å². The van der Waals surface area contributed by atoms with E-state index in [0.29, 0.717) is 28.0 Å². The number of piperidine rings is 3. The van der Waals surface area contributed by atoms with E-state index in [9.17, 15) is 9.18 Å². The summed E-state index contributed by atoms with van der Waals surface area (Å²) in [5.41, 5.74) is 2.50. The number of amides is 1. The molecule has 2 N–H and O–H groups in total. The molecule has 0 radical (unpaired) electrons. The Bertz CT molecular complexity index is 1520. The number of H-pyrrole nitrogens is 1. The molecular formula is C33H39FN4O3. The van der Waals surface area contributed by atoms with E-state index >= 15 is 0 Å². The second kappa shape index (κ2) is 11.5. The van der Waals surface area contributed by atoms with Gasteiger partial charge in [0, 0.05) is 48.2 Å². The molecule has 0 bridgehead atoms. The third-order valence-electron chi connectivity index (χ3n) is 9.52. The zero-order valence-corrected chi connectivity index (χ0v) is 23.5. The summed E-state index contributed by atoms with van der Waals surface area (Å²) in [6.07, 6.45) is 10.3. The van der Waals surface area contributed by atoms with Crippen LogP contribution in [0.25, 0.3) is 21.9 Å². The van der Waals surface area contributed by atoms with Crippen LogP contribution >= 0.6 is 0 Å². The van der Waals surface area contributed by atoms with Crippen molar-refractivity contribution in [3.05, 3.63) is 65.8 Å². The van der Waals surface area contributed by atoms with Gasteiger partial charge in [0.05, 0.1) is 11.6 Å². The lowest BCUT2D eigenvalue weighted by molar-refractivity contribution is 0.0351. The van der Waals surface area contributed by atoms with Crippen molar-refractivity contribution < 1.29 is 18.3 Å². The molecule has 0 saturated carbocycles. The standard InChI is InChI=1S/C33H39FN4O3/c34-26-7-3-11-31-32(26)23(21-41-31)20-40-30-10-4-8-27-25(30)18-28(36-27)33(39)35-24-12-16-37(17-13-24)19-22-6-5-15-38-14-2-1-9-29(22)38/h3-4,7-8,10-11,18,21-22,24,29,36H,1-2,5-6,9,12-17,19-20H2,(H,35,39)/t22-,29?/m0/s1. The molecule has 7 rings (SSSR count). The lowest BCUT2D eigenvalue weighted by Crippen LogP contribution is -2.52. The largest absolute Gasteiger partial charge is 0.488 e. The molecule has 1 amide bonds. The highest BCUT2D eigenvalue weighted by Crippen LogP contribution is 2.33. The maximum absolute atomic E-state index is 14.4. The second-order valence-electron chi connectivity index (χ2n) is 12.1. The van der Waals surface area contributed by atoms with Crippen molar-refractivity contribution in [2.45, 2.75) is 63.6 Å². The van der Waals surface area contributed by atoms with Gasteiger partial charge in [-0.3, -0.25) is 4.79 Å². The van der Waals surface area contributed by atoms with Crippen molar-refractivity contribution in [1.82, 2.24) is 20.1 Å². The monoisotopic (exact) mass is 558 g/mol. The number of nitrogens with one attached hydrogen (secondary N) is 2. The highest BCUT2D eigenvalue weighted by molar-refractivity contribution is 5.99. The molecule has 2 aromatic heterocycles. The Morgan fingerprint density at radius 1 is 1.02 bits per heavy atom. The predicted molar refractivity (Wildman–Crippen MR) is 158 cm³/mol. The van der Waals surface area contributed by atoms with Gasteiger partial charge >= 0.3 is 0 Å². The molecule has 3 fully saturated rings. The molecule has 5 heterocycles. The molecule has 3 aliphatic heterocycles. The summed E-state index contributed by atoms with van der Waals surface area (Å²) in [6.45, 7) is 6.03. The maximum Gasteiger partial charge on any atom is 0.267 e. The van der Waals surface area contributed by atoms with Crippen LogP contribution < -0.4 is 10.1 Å². The predicted octanol–water partition coefficient (Wildman–Crippen LogP) is 6.09. The summed E-state index contributed by atoms with van der Waals surface area (Å²) in [5, 5.41) is 4.53. The molecule has 2 atom stereocenters. The Labute approximate surface area is 240 Å². The number of ether oxygens (including phenoxy) is 1. The Morgan fingerprint density at radius 2 is 1.88 bits per heavy atom. The molecule has 4 aromatic rings. The molecule has 3 aliphatic rings. The third kappa shape index (κ3) is 5.47. The van der Waals surface area contributed by atoms with Crippen LogP contribution in [0.5, 0.6) is 5.75 Å². The number of hydrogen-bond donors (Lipinski definition) is 2. The van der Waals surface area contributed by atoms with Crippen molar-refractivity contribution in [3.63, 3.8) is 0 Å². The summed E-state index contributed by atoms with van der Waals surface area (Å²) in [5.74, 6) is 1.02. The van der Waals surface area contributed by atoms with Crippen molar-refractivity contribution in [3.8, 4) is 5.75 Å². The van der Waals surface area contributed by atoms with Crippen molar-refractivity contribution >= 4 is 27.8 Å². The van der Waals surface area contributed by atoms with Crippen LogP contribution in [-0.2, 0) is 6.61 Å². The number of fused-ring (bicyclic) bond motifs is 3. The lowest BCUT2D eigenvalue weighted by Gasteiger charge is -2.46. The van der Waals surface area contributed by atoms with Gasteiger partial charge in [0.25, 0.3) is 5.91 Å². The molecule has 7 nitrogen and oxygen atoms in total. The first kappa shape index (κ1) is 26.5. The first-order valence-electron chi connectivity index (χ1n) is 15.3. The van der Waals surface area contributed by atoms with Gasteiger partial charge in [0.2, 0.25) is 0 Å². The third-order valence-corrected chi connectivity index (χ3v) is 9.52. The quantitative estimate of drug-likeness (QED) is 0.287. The number of rotatable bonds is 7. The van der Waals surface area contributed by atoms with Crippen LogP contribution in [-0.4, -0.2) is 65.5 Å². The van der Waals surface area contributed by atoms with Crippen LogP contribution in [0.2, 0.25) is 0 Å². The van der Waals surface area contributed by atoms with E-state index in [1.165, 1.54) is 64.1 Å².